The van der Waals surface area contributed by atoms with Crippen LogP contribution in [-0.4, -0.2) is 28.0 Å². The lowest BCUT2D eigenvalue weighted by molar-refractivity contribution is 0.0601. The molecule has 0 unspecified atom stereocenters. The average Bonchev–Trinajstić information content (AvgIpc) is 2.74. The van der Waals surface area contributed by atoms with Crippen molar-refractivity contribution in [3.8, 4) is 11.4 Å². The number of fused-ring (bicyclic) bond motifs is 1. The summed E-state index contributed by atoms with van der Waals surface area (Å²) in [5, 5.41) is 4.23. The number of benzene rings is 2. The highest BCUT2D eigenvalue weighted by molar-refractivity contribution is 5.93. The summed E-state index contributed by atoms with van der Waals surface area (Å²) < 4.78 is 4.73. The van der Waals surface area contributed by atoms with Crippen LogP contribution in [0.4, 0.5) is 11.5 Å². The standard InChI is InChI=1S/C21H16N4O2/c1-27-21(26)15-6-8-16(9-7-15)23-20-17-4-2-3-5-18(17)24-19(25-20)14-10-12-22-13-11-14/h2-13H,1H3,(H,23,24,25). The summed E-state index contributed by atoms with van der Waals surface area (Å²) in [6, 6.07) is 18.6. The van der Waals surface area contributed by atoms with E-state index in [1.807, 2.05) is 48.5 Å². The van der Waals surface area contributed by atoms with E-state index in [-0.39, 0.29) is 5.97 Å². The number of esters is 1. The summed E-state index contributed by atoms with van der Waals surface area (Å²) in [6.45, 7) is 0. The number of rotatable bonds is 4. The number of para-hydroxylation sites is 1. The third-order valence-electron chi connectivity index (χ3n) is 4.11. The minimum Gasteiger partial charge on any atom is -0.465 e. The number of carbonyl (C=O) groups excluding carboxylic acids is 1. The van der Waals surface area contributed by atoms with Gasteiger partial charge in [-0.25, -0.2) is 14.8 Å². The Bertz CT molecular complexity index is 1100. The molecule has 6 nitrogen and oxygen atoms in total. The zero-order valence-corrected chi connectivity index (χ0v) is 14.6. The maximum Gasteiger partial charge on any atom is 0.337 e. The van der Waals surface area contributed by atoms with E-state index in [1.165, 1.54) is 7.11 Å². The molecule has 27 heavy (non-hydrogen) atoms. The fourth-order valence-electron chi connectivity index (χ4n) is 2.75. The summed E-state index contributed by atoms with van der Waals surface area (Å²) in [7, 11) is 1.36. The van der Waals surface area contributed by atoms with Gasteiger partial charge >= 0.3 is 5.97 Å². The first-order valence-electron chi connectivity index (χ1n) is 8.37. The van der Waals surface area contributed by atoms with Crippen LogP contribution in [0.1, 0.15) is 10.4 Å². The van der Waals surface area contributed by atoms with E-state index in [0.717, 1.165) is 22.2 Å². The molecule has 0 atom stereocenters. The van der Waals surface area contributed by atoms with Crippen molar-refractivity contribution < 1.29 is 9.53 Å². The monoisotopic (exact) mass is 356 g/mol. The second kappa shape index (κ2) is 7.21. The zero-order chi connectivity index (χ0) is 18.6. The number of nitrogens with one attached hydrogen (secondary N) is 1. The summed E-state index contributed by atoms with van der Waals surface area (Å²) >= 11 is 0. The predicted molar refractivity (Wildman–Crippen MR) is 104 cm³/mol. The quantitative estimate of drug-likeness (QED) is 0.552. The van der Waals surface area contributed by atoms with Crippen molar-refractivity contribution in [1.82, 2.24) is 15.0 Å². The lowest BCUT2D eigenvalue weighted by Crippen LogP contribution is -2.02. The SMILES string of the molecule is COC(=O)c1ccc(Nc2nc(-c3ccncc3)nc3ccccc23)cc1. The molecule has 2 heterocycles. The average molecular weight is 356 g/mol. The van der Waals surface area contributed by atoms with Gasteiger partial charge in [-0.1, -0.05) is 12.1 Å². The molecular formula is C21H16N4O2. The van der Waals surface area contributed by atoms with Gasteiger partial charge in [0.15, 0.2) is 5.82 Å². The highest BCUT2D eigenvalue weighted by atomic mass is 16.5. The molecular weight excluding hydrogens is 340 g/mol. The highest BCUT2D eigenvalue weighted by Gasteiger charge is 2.10. The second-order valence-corrected chi connectivity index (χ2v) is 5.84. The van der Waals surface area contributed by atoms with Crippen LogP contribution in [0.2, 0.25) is 0 Å². The van der Waals surface area contributed by atoms with Crippen molar-refractivity contribution in [3.63, 3.8) is 0 Å². The summed E-state index contributed by atoms with van der Waals surface area (Å²) in [4.78, 5) is 25.0. The predicted octanol–water partition coefficient (Wildman–Crippen LogP) is 4.22. The van der Waals surface area contributed by atoms with E-state index < -0.39 is 0 Å². The lowest BCUT2D eigenvalue weighted by atomic mass is 10.2. The molecule has 0 aliphatic carbocycles. The van der Waals surface area contributed by atoms with Gasteiger partial charge in [0.1, 0.15) is 5.82 Å². The topological polar surface area (TPSA) is 77.0 Å². The van der Waals surface area contributed by atoms with E-state index in [0.29, 0.717) is 17.2 Å². The van der Waals surface area contributed by atoms with Crippen LogP contribution in [-0.2, 0) is 4.74 Å². The fourth-order valence-corrected chi connectivity index (χ4v) is 2.75. The van der Waals surface area contributed by atoms with E-state index in [4.69, 9.17) is 9.72 Å². The first-order valence-corrected chi connectivity index (χ1v) is 8.37. The number of nitrogens with zero attached hydrogens (tertiary/aromatic N) is 3. The molecule has 0 aliphatic rings. The van der Waals surface area contributed by atoms with Gasteiger partial charge in [0, 0.05) is 29.0 Å². The fraction of sp³-hybridized carbons (Fsp3) is 0.0476. The smallest absolute Gasteiger partial charge is 0.337 e. The number of ether oxygens (including phenoxy) is 1. The number of aromatic nitrogens is 3. The molecule has 0 bridgehead atoms. The minimum absolute atomic E-state index is 0.367. The van der Waals surface area contributed by atoms with Gasteiger partial charge in [-0.05, 0) is 48.5 Å². The molecule has 2 aromatic heterocycles. The van der Waals surface area contributed by atoms with Gasteiger partial charge in [-0.3, -0.25) is 4.98 Å². The van der Waals surface area contributed by atoms with Gasteiger partial charge in [0.2, 0.25) is 0 Å². The van der Waals surface area contributed by atoms with Crippen LogP contribution in [0.25, 0.3) is 22.3 Å². The van der Waals surface area contributed by atoms with E-state index in [1.54, 1.807) is 24.5 Å². The Labute approximate surface area is 155 Å². The van der Waals surface area contributed by atoms with E-state index >= 15 is 0 Å². The molecule has 0 radical (unpaired) electrons. The largest absolute Gasteiger partial charge is 0.465 e. The Morgan fingerprint density at radius 2 is 1.67 bits per heavy atom. The number of hydrogen-bond acceptors (Lipinski definition) is 6. The van der Waals surface area contributed by atoms with Crippen LogP contribution in [0.3, 0.4) is 0 Å². The summed E-state index contributed by atoms with van der Waals surface area (Å²) in [5.74, 6) is 0.942. The highest BCUT2D eigenvalue weighted by Crippen LogP contribution is 2.27. The van der Waals surface area contributed by atoms with E-state index in [2.05, 4.69) is 15.3 Å². The molecule has 0 saturated heterocycles. The molecule has 0 fully saturated rings. The normalized spacial score (nSPS) is 10.6. The first-order chi connectivity index (χ1) is 13.2. The number of methoxy groups -OCH3 is 1. The first kappa shape index (κ1) is 16.7. The van der Waals surface area contributed by atoms with Gasteiger partial charge in [0.05, 0.1) is 18.2 Å². The Morgan fingerprint density at radius 3 is 2.41 bits per heavy atom. The Morgan fingerprint density at radius 1 is 0.926 bits per heavy atom. The molecule has 132 valence electrons. The zero-order valence-electron chi connectivity index (χ0n) is 14.6. The minimum atomic E-state index is -0.367. The third kappa shape index (κ3) is 3.46. The van der Waals surface area contributed by atoms with Gasteiger partial charge in [-0.15, -0.1) is 0 Å². The van der Waals surface area contributed by atoms with Crippen LogP contribution in [0.15, 0.2) is 73.1 Å². The van der Waals surface area contributed by atoms with Crippen LogP contribution < -0.4 is 5.32 Å². The molecule has 4 aromatic rings. The van der Waals surface area contributed by atoms with Gasteiger partial charge < -0.3 is 10.1 Å². The third-order valence-corrected chi connectivity index (χ3v) is 4.11. The van der Waals surface area contributed by atoms with Crippen molar-refractivity contribution in [3.05, 3.63) is 78.6 Å². The molecule has 0 saturated carbocycles. The lowest BCUT2D eigenvalue weighted by Gasteiger charge is -2.11. The maximum absolute atomic E-state index is 11.6. The Balaban J connectivity index is 1.75. The number of hydrogen-bond donors (Lipinski definition) is 1. The van der Waals surface area contributed by atoms with Crippen molar-refractivity contribution in [2.75, 3.05) is 12.4 Å². The Hall–Kier alpha value is -3.80. The number of pyridine rings is 1. The van der Waals surface area contributed by atoms with Crippen LogP contribution in [0, 0.1) is 0 Å². The van der Waals surface area contributed by atoms with Crippen molar-refractivity contribution >= 4 is 28.4 Å². The molecule has 1 N–H and O–H groups in total. The summed E-state index contributed by atoms with van der Waals surface area (Å²) in [6.07, 6.45) is 3.43. The summed E-state index contributed by atoms with van der Waals surface area (Å²) in [5.41, 5.74) is 3.04. The molecule has 4 rings (SSSR count). The van der Waals surface area contributed by atoms with Crippen LogP contribution >= 0.6 is 0 Å². The number of carbonyl (C=O) groups is 1. The van der Waals surface area contributed by atoms with E-state index in [9.17, 15) is 4.79 Å². The van der Waals surface area contributed by atoms with Crippen molar-refractivity contribution in [2.45, 2.75) is 0 Å². The molecule has 6 heteroatoms. The maximum atomic E-state index is 11.6. The molecule has 0 amide bonds. The molecule has 0 spiro atoms. The Kier molecular flexibility index (Phi) is 4.45. The molecule has 2 aromatic carbocycles. The van der Waals surface area contributed by atoms with Crippen molar-refractivity contribution in [2.24, 2.45) is 0 Å². The van der Waals surface area contributed by atoms with Crippen LogP contribution in [0.5, 0.6) is 0 Å². The molecule has 0 aliphatic heterocycles. The van der Waals surface area contributed by atoms with Crippen molar-refractivity contribution in [1.29, 1.82) is 0 Å². The van der Waals surface area contributed by atoms with Gasteiger partial charge in [0.25, 0.3) is 0 Å². The second-order valence-electron chi connectivity index (χ2n) is 5.84. The number of anilines is 2. The van der Waals surface area contributed by atoms with Gasteiger partial charge in [-0.2, -0.15) is 0 Å².